The summed E-state index contributed by atoms with van der Waals surface area (Å²) in [7, 11) is 1.86. The fourth-order valence-corrected chi connectivity index (χ4v) is 1.89. The quantitative estimate of drug-likeness (QED) is 0.870. The monoisotopic (exact) mass is 286 g/mol. The number of nitrogens with one attached hydrogen (secondary N) is 1. The van der Waals surface area contributed by atoms with Gasteiger partial charge in [0.2, 0.25) is 0 Å². The van der Waals surface area contributed by atoms with Crippen molar-refractivity contribution in [2.24, 2.45) is 0 Å². The molecule has 0 aliphatic heterocycles. The van der Waals surface area contributed by atoms with Gasteiger partial charge < -0.3 is 10.2 Å². The molecule has 1 N–H and O–H groups in total. The van der Waals surface area contributed by atoms with Gasteiger partial charge in [-0.25, -0.2) is 9.97 Å². The number of rotatable bonds is 6. The normalized spacial score (nSPS) is 10.8. The summed E-state index contributed by atoms with van der Waals surface area (Å²) in [5.41, 5.74) is 0. The first-order valence-electron chi connectivity index (χ1n) is 5.62. The van der Waals surface area contributed by atoms with Gasteiger partial charge in [-0.3, -0.25) is 0 Å². The van der Waals surface area contributed by atoms with Gasteiger partial charge in [0.25, 0.3) is 0 Å². The van der Waals surface area contributed by atoms with E-state index in [-0.39, 0.29) is 0 Å². The molecule has 0 radical (unpaired) electrons. The highest BCUT2D eigenvalue weighted by Crippen LogP contribution is 2.17. The molecular formula is C11H19BrN4. The predicted molar refractivity (Wildman–Crippen MR) is 70.8 cm³/mol. The summed E-state index contributed by atoms with van der Waals surface area (Å²) in [5, 5.41) is 3.04. The van der Waals surface area contributed by atoms with Gasteiger partial charge in [-0.1, -0.05) is 13.8 Å². The van der Waals surface area contributed by atoms with Crippen LogP contribution < -0.4 is 5.32 Å². The van der Waals surface area contributed by atoms with E-state index < -0.39 is 0 Å². The second kappa shape index (κ2) is 6.81. The van der Waals surface area contributed by atoms with Crippen LogP contribution in [0.4, 0.5) is 5.82 Å². The van der Waals surface area contributed by atoms with Crippen molar-refractivity contribution < 1.29 is 0 Å². The summed E-state index contributed by atoms with van der Waals surface area (Å²) < 4.78 is 0.904. The molecule has 16 heavy (non-hydrogen) atoms. The van der Waals surface area contributed by atoms with Gasteiger partial charge in [0.15, 0.2) is 0 Å². The first-order valence-corrected chi connectivity index (χ1v) is 6.42. The number of anilines is 1. The smallest absolute Gasteiger partial charge is 0.143 e. The van der Waals surface area contributed by atoms with Gasteiger partial charge in [-0.2, -0.15) is 0 Å². The summed E-state index contributed by atoms with van der Waals surface area (Å²) in [6.45, 7) is 7.51. The number of likely N-dealkylation sites (N-methyl/N-ethyl adjacent to an activating group) is 1. The van der Waals surface area contributed by atoms with E-state index in [2.05, 4.69) is 50.0 Å². The van der Waals surface area contributed by atoms with E-state index in [4.69, 9.17) is 0 Å². The minimum Gasteiger partial charge on any atom is -0.372 e. The van der Waals surface area contributed by atoms with Crippen LogP contribution in [0.15, 0.2) is 10.7 Å². The van der Waals surface area contributed by atoms with E-state index in [1.165, 1.54) is 0 Å². The van der Waals surface area contributed by atoms with E-state index in [0.717, 1.165) is 42.2 Å². The Morgan fingerprint density at radius 2 is 2.06 bits per heavy atom. The van der Waals surface area contributed by atoms with Gasteiger partial charge >= 0.3 is 0 Å². The zero-order valence-electron chi connectivity index (χ0n) is 10.1. The molecule has 0 aliphatic rings. The molecule has 1 aromatic rings. The van der Waals surface area contributed by atoms with Crippen molar-refractivity contribution >= 4 is 21.7 Å². The SMILES string of the molecule is CCN(CC)CCc1ncc(Br)c(NC)n1. The molecule has 0 saturated carbocycles. The average molecular weight is 287 g/mol. The van der Waals surface area contributed by atoms with E-state index in [0.29, 0.717) is 0 Å². The highest BCUT2D eigenvalue weighted by atomic mass is 79.9. The molecule has 5 heteroatoms. The van der Waals surface area contributed by atoms with Crippen molar-refractivity contribution in [1.82, 2.24) is 14.9 Å². The second-order valence-electron chi connectivity index (χ2n) is 3.51. The summed E-state index contributed by atoms with van der Waals surface area (Å²) in [6, 6.07) is 0. The van der Waals surface area contributed by atoms with Crippen LogP contribution in [0.2, 0.25) is 0 Å². The van der Waals surface area contributed by atoms with Crippen molar-refractivity contribution in [2.75, 3.05) is 32.0 Å². The fourth-order valence-electron chi connectivity index (χ4n) is 1.50. The van der Waals surface area contributed by atoms with Crippen LogP contribution in [-0.2, 0) is 6.42 Å². The summed E-state index contributed by atoms with van der Waals surface area (Å²) in [5.74, 6) is 1.74. The van der Waals surface area contributed by atoms with E-state index >= 15 is 0 Å². The van der Waals surface area contributed by atoms with Gasteiger partial charge in [0.05, 0.1) is 4.47 Å². The number of hydrogen-bond donors (Lipinski definition) is 1. The van der Waals surface area contributed by atoms with Crippen LogP contribution >= 0.6 is 15.9 Å². The third kappa shape index (κ3) is 3.72. The molecule has 1 heterocycles. The third-order valence-electron chi connectivity index (χ3n) is 2.58. The van der Waals surface area contributed by atoms with Gasteiger partial charge in [-0.15, -0.1) is 0 Å². The van der Waals surface area contributed by atoms with Gasteiger partial charge in [0, 0.05) is 26.2 Å². The molecule has 1 rings (SSSR count). The number of hydrogen-bond acceptors (Lipinski definition) is 4. The van der Waals surface area contributed by atoms with Crippen LogP contribution in [0.1, 0.15) is 19.7 Å². The molecule has 4 nitrogen and oxygen atoms in total. The third-order valence-corrected chi connectivity index (χ3v) is 3.16. The molecule has 0 fully saturated rings. The van der Waals surface area contributed by atoms with Crippen molar-refractivity contribution in [2.45, 2.75) is 20.3 Å². The first-order chi connectivity index (χ1) is 7.71. The lowest BCUT2D eigenvalue weighted by atomic mass is 10.3. The zero-order chi connectivity index (χ0) is 12.0. The molecule has 0 bridgehead atoms. The van der Waals surface area contributed by atoms with Crippen molar-refractivity contribution in [3.63, 3.8) is 0 Å². The predicted octanol–water partition coefficient (Wildman–Crippen LogP) is 2.17. The average Bonchev–Trinajstić information content (AvgIpc) is 2.32. The standard InChI is InChI=1S/C11H19BrN4/c1-4-16(5-2)7-6-10-14-8-9(12)11(13-3)15-10/h8H,4-7H2,1-3H3,(H,13,14,15). The number of halogens is 1. The van der Waals surface area contributed by atoms with Crippen molar-refractivity contribution in [3.05, 3.63) is 16.5 Å². The maximum absolute atomic E-state index is 4.44. The molecule has 90 valence electrons. The molecule has 0 unspecified atom stereocenters. The molecule has 0 aliphatic carbocycles. The first kappa shape index (κ1) is 13.4. The van der Waals surface area contributed by atoms with Crippen molar-refractivity contribution in [1.29, 1.82) is 0 Å². The maximum atomic E-state index is 4.44. The van der Waals surface area contributed by atoms with Crippen molar-refractivity contribution in [3.8, 4) is 0 Å². The lowest BCUT2D eigenvalue weighted by molar-refractivity contribution is 0.306. The largest absolute Gasteiger partial charge is 0.372 e. The molecule has 0 saturated heterocycles. The Bertz CT molecular complexity index is 326. The second-order valence-corrected chi connectivity index (χ2v) is 4.36. The molecule has 0 aromatic carbocycles. The minimum absolute atomic E-state index is 0.851. The van der Waals surface area contributed by atoms with Crippen LogP contribution in [0.25, 0.3) is 0 Å². The number of nitrogens with zero attached hydrogens (tertiary/aromatic N) is 3. The highest BCUT2D eigenvalue weighted by molar-refractivity contribution is 9.10. The molecule has 0 atom stereocenters. The molecule has 0 spiro atoms. The Morgan fingerprint density at radius 1 is 1.38 bits per heavy atom. The van der Waals surface area contributed by atoms with Crippen LogP contribution in [-0.4, -0.2) is 41.5 Å². The minimum atomic E-state index is 0.851. The van der Waals surface area contributed by atoms with Crippen LogP contribution in [0.5, 0.6) is 0 Å². The summed E-state index contributed by atoms with van der Waals surface area (Å²) in [4.78, 5) is 11.1. The van der Waals surface area contributed by atoms with Crippen LogP contribution in [0.3, 0.4) is 0 Å². The topological polar surface area (TPSA) is 41.1 Å². The van der Waals surface area contributed by atoms with Crippen LogP contribution in [0, 0.1) is 0 Å². The van der Waals surface area contributed by atoms with E-state index in [1.54, 1.807) is 6.20 Å². The maximum Gasteiger partial charge on any atom is 0.143 e. The van der Waals surface area contributed by atoms with E-state index in [1.807, 2.05) is 7.05 Å². The fraction of sp³-hybridized carbons (Fsp3) is 0.636. The molecule has 1 aromatic heterocycles. The lowest BCUT2D eigenvalue weighted by Gasteiger charge is -2.17. The highest BCUT2D eigenvalue weighted by Gasteiger charge is 2.05. The number of aromatic nitrogens is 2. The van der Waals surface area contributed by atoms with Gasteiger partial charge in [-0.05, 0) is 29.0 Å². The Balaban J connectivity index is 2.60. The Morgan fingerprint density at radius 3 is 2.62 bits per heavy atom. The Labute approximate surface area is 106 Å². The summed E-state index contributed by atoms with van der Waals surface area (Å²) in [6.07, 6.45) is 2.69. The van der Waals surface area contributed by atoms with E-state index in [9.17, 15) is 0 Å². The zero-order valence-corrected chi connectivity index (χ0v) is 11.7. The lowest BCUT2D eigenvalue weighted by Crippen LogP contribution is -2.25. The Kier molecular flexibility index (Phi) is 5.69. The molecular weight excluding hydrogens is 268 g/mol. The van der Waals surface area contributed by atoms with Gasteiger partial charge in [0.1, 0.15) is 11.6 Å². The summed E-state index contributed by atoms with van der Waals surface area (Å²) >= 11 is 3.40. The Hall–Kier alpha value is -0.680. The molecule has 0 amide bonds.